The van der Waals surface area contributed by atoms with Gasteiger partial charge in [-0.3, -0.25) is 9.59 Å². The van der Waals surface area contributed by atoms with Gasteiger partial charge in [0.15, 0.2) is 0 Å². The Kier molecular flexibility index (Phi) is 3.22. The van der Waals surface area contributed by atoms with E-state index in [0.29, 0.717) is 25.3 Å². The number of hydrogen-bond acceptors (Lipinski definition) is 2. The third-order valence-corrected chi connectivity index (χ3v) is 5.17. The molecule has 0 aliphatic carbocycles. The van der Waals surface area contributed by atoms with Crippen LogP contribution in [-0.2, 0) is 4.79 Å². The molecule has 5 nitrogen and oxygen atoms in total. The van der Waals surface area contributed by atoms with Crippen molar-refractivity contribution in [2.24, 2.45) is 5.41 Å². The van der Waals surface area contributed by atoms with Crippen LogP contribution >= 0.6 is 0 Å². The number of carbonyl (C=O) groups excluding carboxylic acids is 2. The molecule has 2 aromatic rings. The fourth-order valence-electron chi connectivity index (χ4n) is 3.98. The molecular weight excluding hydrogens is 290 g/mol. The standard InChI is InChI=1S/C18H19N3O2/c22-16(15-7-4-9-19-15)21-11-14(13-5-2-1-3-6-13)18(12-21)8-10-20-17(18)23/h1-7,9,14,19H,8,10-12H2,(H,20,23)/t14-,18+/m0/s1. The zero-order chi connectivity index (χ0) is 15.9. The second kappa shape index (κ2) is 5.26. The Hall–Kier alpha value is -2.56. The molecule has 3 heterocycles. The number of nitrogens with one attached hydrogen (secondary N) is 2. The summed E-state index contributed by atoms with van der Waals surface area (Å²) < 4.78 is 0. The van der Waals surface area contributed by atoms with Gasteiger partial charge in [0.25, 0.3) is 5.91 Å². The lowest BCUT2D eigenvalue weighted by Gasteiger charge is -2.27. The molecule has 23 heavy (non-hydrogen) atoms. The molecule has 4 rings (SSSR count). The monoisotopic (exact) mass is 309 g/mol. The molecule has 2 amide bonds. The molecule has 2 aliphatic heterocycles. The highest BCUT2D eigenvalue weighted by Crippen LogP contribution is 2.47. The van der Waals surface area contributed by atoms with E-state index in [1.807, 2.05) is 29.2 Å². The molecule has 1 spiro atoms. The van der Waals surface area contributed by atoms with Crippen LogP contribution < -0.4 is 5.32 Å². The normalized spacial score (nSPS) is 26.7. The summed E-state index contributed by atoms with van der Waals surface area (Å²) in [6.07, 6.45) is 2.52. The van der Waals surface area contributed by atoms with Crippen molar-refractivity contribution < 1.29 is 9.59 Å². The molecule has 1 aromatic carbocycles. The lowest BCUT2D eigenvalue weighted by Crippen LogP contribution is -2.38. The zero-order valence-corrected chi connectivity index (χ0v) is 12.8. The molecule has 0 saturated carbocycles. The van der Waals surface area contributed by atoms with E-state index in [4.69, 9.17) is 0 Å². The predicted octanol–water partition coefficient (Wildman–Crippen LogP) is 1.76. The number of benzene rings is 1. The Morgan fingerprint density at radius 2 is 2.00 bits per heavy atom. The third kappa shape index (κ3) is 2.15. The third-order valence-electron chi connectivity index (χ3n) is 5.17. The smallest absolute Gasteiger partial charge is 0.270 e. The molecule has 118 valence electrons. The molecule has 2 saturated heterocycles. The highest BCUT2D eigenvalue weighted by molar-refractivity contribution is 5.94. The van der Waals surface area contributed by atoms with E-state index in [-0.39, 0.29) is 17.7 Å². The average molecular weight is 309 g/mol. The molecule has 2 atom stereocenters. The summed E-state index contributed by atoms with van der Waals surface area (Å²) in [6, 6.07) is 13.7. The maximum absolute atomic E-state index is 12.7. The van der Waals surface area contributed by atoms with Gasteiger partial charge in [-0.15, -0.1) is 0 Å². The molecule has 0 bridgehead atoms. The van der Waals surface area contributed by atoms with Crippen LogP contribution in [-0.4, -0.2) is 41.3 Å². The minimum atomic E-state index is -0.496. The summed E-state index contributed by atoms with van der Waals surface area (Å²) in [5.74, 6) is 0.0887. The summed E-state index contributed by atoms with van der Waals surface area (Å²) in [5, 5.41) is 2.96. The van der Waals surface area contributed by atoms with E-state index in [2.05, 4.69) is 22.4 Å². The van der Waals surface area contributed by atoms with Crippen LogP contribution in [0.1, 0.15) is 28.4 Å². The number of likely N-dealkylation sites (tertiary alicyclic amines) is 1. The first-order valence-corrected chi connectivity index (χ1v) is 7.97. The van der Waals surface area contributed by atoms with Crippen molar-refractivity contribution in [1.82, 2.24) is 15.2 Å². The molecule has 0 unspecified atom stereocenters. The predicted molar refractivity (Wildman–Crippen MR) is 85.9 cm³/mol. The number of nitrogens with zero attached hydrogens (tertiary/aromatic N) is 1. The number of aromatic amines is 1. The SMILES string of the molecule is O=C(c1ccc[nH]1)N1C[C@@H](c2ccccc2)[C@@]2(CCNC2=O)C1. The van der Waals surface area contributed by atoms with Crippen LogP contribution in [0.5, 0.6) is 0 Å². The van der Waals surface area contributed by atoms with Crippen LogP contribution in [0.2, 0.25) is 0 Å². The van der Waals surface area contributed by atoms with Gasteiger partial charge in [-0.25, -0.2) is 0 Å². The zero-order valence-electron chi connectivity index (χ0n) is 12.8. The van der Waals surface area contributed by atoms with E-state index in [9.17, 15) is 9.59 Å². The van der Waals surface area contributed by atoms with Crippen molar-refractivity contribution in [2.45, 2.75) is 12.3 Å². The van der Waals surface area contributed by atoms with Crippen molar-refractivity contribution in [3.63, 3.8) is 0 Å². The summed E-state index contributed by atoms with van der Waals surface area (Å²) in [5.41, 5.74) is 1.21. The first-order valence-electron chi connectivity index (χ1n) is 7.97. The van der Waals surface area contributed by atoms with Gasteiger partial charge >= 0.3 is 0 Å². The van der Waals surface area contributed by atoms with E-state index in [1.165, 1.54) is 0 Å². The highest BCUT2D eigenvalue weighted by Gasteiger charge is 2.55. The summed E-state index contributed by atoms with van der Waals surface area (Å²) in [4.78, 5) is 30.1. The molecule has 0 radical (unpaired) electrons. The van der Waals surface area contributed by atoms with Crippen LogP contribution in [0.4, 0.5) is 0 Å². The summed E-state index contributed by atoms with van der Waals surface area (Å²) in [7, 11) is 0. The van der Waals surface area contributed by atoms with Crippen LogP contribution in [0.3, 0.4) is 0 Å². The van der Waals surface area contributed by atoms with Gasteiger partial charge in [0.1, 0.15) is 5.69 Å². The number of carbonyl (C=O) groups is 2. The van der Waals surface area contributed by atoms with Gasteiger partial charge in [0, 0.05) is 31.7 Å². The Morgan fingerprint density at radius 3 is 2.65 bits per heavy atom. The van der Waals surface area contributed by atoms with Crippen LogP contribution in [0.25, 0.3) is 0 Å². The molecule has 5 heteroatoms. The molecule has 2 fully saturated rings. The van der Waals surface area contributed by atoms with E-state index < -0.39 is 5.41 Å². The Labute approximate surface area is 134 Å². The maximum Gasteiger partial charge on any atom is 0.270 e. The second-order valence-electron chi connectivity index (χ2n) is 6.39. The van der Waals surface area contributed by atoms with Crippen molar-refractivity contribution in [3.05, 3.63) is 59.9 Å². The average Bonchev–Trinajstić information content (AvgIpc) is 3.30. The lowest BCUT2D eigenvalue weighted by molar-refractivity contribution is -0.127. The Balaban J connectivity index is 1.70. The number of H-pyrrole nitrogens is 1. The van der Waals surface area contributed by atoms with Gasteiger partial charge in [0.2, 0.25) is 5.91 Å². The number of rotatable bonds is 2. The fourth-order valence-corrected chi connectivity index (χ4v) is 3.98. The number of amides is 2. The first-order chi connectivity index (χ1) is 11.2. The van der Waals surface area contributed by atoms with Crippen molar-refractivity contribution >= 4 is 11.8 Å². The lowest BCUT2D eigenvalue weighted by atomic mass is 9.73. The van der Waals surface area contributed by atoms with E-state index in [1.54, 1.807) is 12.3 Å². The topological polar surface area (TPSA) is 65.2 Å². The fraction of sp³-hybridized carbons (Fsp3) is 0.333. The molecule has 2 N–H and O–H groups in total. The van der Waals surface area contributed by atoms with E-state index >= 15 is 0 Å². The van der Waals surface area contributed by atoms with Gasteiger partial charge in [-0.1, -0.05) is 30.3 Å². The van der Waals surface area contributed by atoms with Gasteiger partial charge in [-0.05, 0) is 24.1 Å². The number of hydrogen-bond donors (Lipinski definition) is 2. The minimum Gasteiger partial charge on any atom is -0.357 e. The van der Waals surface area contributed by atoms with Crippen molar-refractivity contribution in [3.8, 4) is 0 Å². The van der Waals surface area contributed by atoms with Crippen LogP contribution in [0, 0.1) is 5.41 Å². The Bertz CT molecular complexity index is 726. The van der Waals surface area contributed by atoms with Crippen LogP contribution in [0.15, 0.2) is 48.7 Å². The second-order valence-corrected chi connectivity index (χ2v) is 6.39. The first kappa shape index (κ1) is 14.1. The van der Waals surface area contributed by atoms with Gasteiger partial charge < -0.3 is 15.2 Å². The Morgan fingerprint density at radius 1 is 1.17 bits per heavy atom. The van der Waals surface area contributed by atoms with E-state index in [0.717, 1.165) is 12.0 Å². The van der Waals surface area contributed by atoms with Gasteiger partial charge in [0.05, 0.1) is 5.41 Å². The molecule has 2 aliphatic rings. The van der Waals surface area contributed by atoms with Crippen molar-refractivity contribution in [1.29, 1.82) is 0 Å². The maximum atomic E-state index is 12.7. The molecule has 1 aromatic heterocycles. The number of aromatic nitrogens is 1. The quantitative estimate of drug-likeness (QED) is 0.888. The summed E-state index contributed by atoms with van der Waals surface area (Å²) >= 11 is 0. The van der Waals surface area contributed by atoms with Crippen molar-refractivity contribution in [2.75, 3.05) is 19.6 Å². The summed E-state index contributed by atoms with van der Waals surface area (Å²) in [6.45, 7) is 1.75. The molecular formula is C18H19N3O2. The largest absolute Gasteiger partial charge is 0.357 e. The van der Waals surface area contributed by atoms with Gasteiger partial charge in [-0.2, -0.15) is 0 Å². The minimum absolute atomic E-state index is 0.0347. The highest BCUT2D eigenvalue weighted by atomic mass is 16.2.